The molecule has 0 fully saturated rings. The second-order valence-corrected chi connectivity index (χ2v) is 3.99. The van der Waals surface area contributed by atoms with Gasteiger partial charge in [-0.05, 0) is 12.8 Å². The number of unbranched alkanes of at least 4 members (excludes halogenated alkanes) is 2. The molecule has 2 atom stereocenters. The van der Waals surface area contributed by atoms with Gasteiger partial charge in [0.2, 0.25) is 0 Å². The van der Waals surface area contributed by atoms with Gasteiger partial charge in [-0.15, -0.1) is 0 Å². The Bertz CT molecular complexity index is 205. The second-order valence-electron chi connectivity index (χ2n) is 3.99. The van der Waals surface area contributed by atoms with E-state index in [0.29, 0.717) is 12.8 Å². The molecule has 0 aromatic rings. The van der Waals surface area contributed by atoms with E-state index < -0.39 is 24.1 Å². The van der Waals surface area contributed by atoms with E-state index in [-0.39, 0.29) is 0 Å². The first-order chi connectivity index (χ1) is 8.36. The summed E-state index contributed by atoms with van der Waals surface area (Å²) in [6.45, 7) is 3.91. The zero-order chi connectivity index (χ0) is 14.6. The SMILES string of the molecule is CCCCC(O)C(=O)O.CCCCC(O)C(=O)O. The fraction of sp³-hybridized carbons (Fsp3) is 0.833. The van der Waals surface area contributed by atoms with Crippen molar-refractivity contribution in [3.63, 3.8) is 0 Å². The summed E-state index contributed by atoms with van der Waals surface area (Å²) < 4.78 is 0. The van der Waals surface area contributed by atoms with Crippen LogP contribution in [0.2, 0.25) is 0 Å². The molecule has 6 heteroatoms. The fourth-order valence-corrected chi connectivity index (χ4v) is 1.04. The molecule has 108 valence electrons. The molecule has 0 aliphatic heterocycles. The molecule has 0 saturated heterocycles. The van der Waals surface area contributed by atoms with E-state index >= 15 is 0 Å². The highest BCUT2D eigenvalue weighted by Gasteiger charge is 2.11. The lowest BCUT2D eigenvalue weighted by Gasteiger charge is -2.01. The second kappa shape index (κ2) is 12.3. The van der Waals surface area contributed by atoms with Gasteiger partial charge in [-0.25, -0.2) is 9.59 Å². The third-order valence-electron chi connectivity index (χ3n) is 2.23. The third-order valence-corrected chi connectivity index (χ3v) is 2.23. The van der Waals surface area contributed by atoms with Crippen molar-refractivity contribution in [1.29, 1.82) is 0 Å². The van der Waals surface area contributed by atoms with Gasteiger partial charge in [0, 0.05) is 0 Å². The van der Waals surface area contributed by atoms with Crippen LogP contribution in [0.1, 0.15) is 52.4 Å². The molecule has 0 rings (SSSR count). The summed E-state index contributed by atoms with van der Waals surface area (Å²) in [5.41, 5.74) is 0. The minimum Gasteiger partial charge on any atom is -0.479 e. The zero-order valence-electron chi connectivity index (χ0n) is 11.0. The molecule has 2 unspecified atom stereocenters. The largest absolute Gasteiger partial charge is 0.479 e. The molecule has 0 aliphatic carbocycles. The van der Waals surface area contributed by atoms with Crippen LogP contribution in [0.15, 0.2) is 0 Å². The Balaban J connectivity index is 0. The average Bonchev–Trinajstić information content (AvgIpc) is 2.33. The summed E-state index contributed by atoms with van der Waals surface area (Å²) >= 11 is 0. The van der Waals surface area contributed by atoms with E-state index in [1.54, 1.807) is 0 Å². The number of aliphatic hydroxyl groups excluding tert-OH is 2. The Hall–Kier alpha value is -1.14. The van der Waals surface area contributed by atoms with E-state index in [4.69, 9.17) is 20.4 Å². The quantitative estimate of drug-likeness (QED) is 0.524. The molecule has 0 spiro atoms. The van der Waals surface area contributed by atoms with Crippen molar-refractivity contribution in [2.75, 3.05) is 0 Å². The monoisotopic (exact) mass is 264 g/mol. The summed E-state index contributed by atoms with van der Waals surface area (Å²) in [5, 5.41) is 33.6. The van der Waals surface area contributed by atoms with E-state index in [2.05, 4.69) is 0 Å². The van der Waals surface area contributed by atoms with Crippen LogP contribution in [0.3, 0.4) is 0 Å². The number of carboxylic acid groups (broad SMARTS) is 2. The van der Waals surface area contributed by atoms with Gasteiger partial charge in [0.25, 0.3) is 0 Å². The van der Waals surface area contributed by atoms with Gasteiger partial charge in [0.15, 0.2) is 12.2 Å². The van der Waals surface area contributed by atoms with Gasteiger partial charge in [-0.1, -0.05) is 39.5 Å². The Morgan fingerprint density at radius 3 is 1.28 bits per heavy atom. The van der Waals surface area contributed by atoms with Crippen LogP contribution in [0, 0.1) is 0 Å². The Morgan fingerprint density at radius 1 is 0.833 bits per heavy atom. The normalized spacial score (nSPS) is 13.1. The highest BCUT2D eigenvalue weighted by molar-refractivity contribution is 5.72. The van der Waals surface area contributed by atoms with Gasteiger partial charge in [-0.3, -0.25) is 0 Å². The van der Waals surface area contributed by atoms with E-state index in [0.717, 1.165) is 25.7 Å². The van der Waals surface area contributed by atoms with E-state index in [9.17, 15) is 9.59 Å². The first-order valence-corrected chi connectivity index (χ1v) is 6.18. The van der Waals surface area contributed by atoms with Crippen LogP contribution in [-0.2, 0) is 9.59 Å². The van der Waals surface area contributed by atoms with Crippen molar-refractivity contribution in [3.8, 4) is 0 Å². The number of carboxylic acids is 2. The van der Waals surface area contributed by atoms with Gasteiger partial charge in [0.05, 0.1) is 0 Å². The van der Waals surface area contributed by atoms with Crippen molar-refractivity contribution >= 4 is 11.9 Å². The number of carbonyl (C=O) groups is 2. The molecule has 18 heavy (non-hydrogen) atoms. The lowest BCUT2D eigenvalue weighted by molar-refractivity contribution is -0.147. The molecular formula is C12H24O6. The maximum atomic E-state index is 9.96. The summed E-state index contributed by atoms with van der Waals surface area (Å²) in [6.07, 6.45) is 1.79. The van der Waals surface area contributed by atoms with Crippen molar-refractivity contribution in [2.24, 2.45) is 0 Å². The lowest BCUT2D eigenvalue weighted by atomic mass is 10.2. The Morgan fingerprint density at radius 2 is 1.11 bits per heavy atom. The Kier molecular flexibility index (Phi) is 13.1. The summed E-state index contributed by atoms with van der Waals surface area (Å²) in [5.74, 6) is -2.24. The van der Waals surface area contributed by atoms with Crippen LogP contribution < -0.4 is 0 Å². The molecule has 0 bridgehead atoms. The Labute approximate surface area is 107 Å². The molecule has 0 radical (unpaired) electrons. The van der Waals surface area contributed by atoms with Gasteiger partial charge in [0.1, 0.15) is 0 Å². The van der Waals surface area contributed by atoms with E-state index in [1.807, 2.05) is 13.8 Å². The number of rotatable bonds is 8. The van der Waals surface area contributed by atoms with Crippen molar-refractivity contribution in [2.45, 2.75) is 64.6 Å². The summed E-state index contributed by atoms with van der Waals surface area (Å²) in [6, 6.07) is 0. The summed E-state index contributed by atoms with van der Waals surface area (Å²) in [7, 11) is 0. The lowest BCUT2D eigenvalue weighted by Crippen LogP contribution is -2.18. The van der Waals surface area contributed by atoms with Gasteiger partial charge in [-0.2, -0.15) is 0 Å². The minimum atomic E-state index is -1.16. The molecule has 0 aromatic heterocycles. The topological polar surface area (TPSA) is 115 Å². The smallest absolute Gasteiger partial charge is 0.332 e. The number of aliphatic carboxylic acids is 2. The van der Waals surface area contributed by atoms with E-state index in [1.165, 1.54) is 0 Å². The van der Waals surface area contributed by atoms with Crippen molar-refractivity contribution in [3.05, 3.63) is 0 Å². The molecule has 6 nitrogen and oxygen atoms in total. The third kappa shape index (κ3) is 12.9. The fourth-order valence-electron chi connectivity index (χ4n) is 1.04. The first-order valence-electron chi connectivity index (χ1n) is 6.18. The van der Waals surface area contributed by atoms with Crippen molar-refractivity contribution < 1.29 is 30.0 Å². The van der Waals surface area contributed by atoms with Crippen LogP contribution >= 0.6 is 0 Å². The summed E-state index contributed by atoms with van der Waals surface area (Å²) in [4.78, 5) is 19.9. The highest BCUT2D eigenvalue weighted by atomic mass is 16.4. The highest BCUT2D eigenvalue weighted by Crippen LogP contribution is 1.99. The number of hydrogen-bond donors (Lipinski definition) is 4. The maximum Gasteiger partial charge on any atom is 0.332 e. The zero-order valence-corrected chi connectivity index (χ0v) is 11.0. The molecule has 0 amide bonds. The van der Waals surface area contributed by atoms with Gasteiger partial charge < -0.3 is 20.4 Å². The van der Waals surface area contributed by atoms with Crippen molar-refractivity contribution in [1.82, 2.24) is 0 Å². The standard InChI is InChI=1S/2C6H12O3/c2*1-2-3-4-5(7)6(8)9/h2*5,7H,2-4H2,1H3,(H,8,9). The maximum absolute atomic E-state index is 9.96. The van der Waals surface area contributed by atoms with Crippen LogP contribution in [0.4, 0.5) is 0 Å². The minimum absolute atomic E-state index is 0.367. The van der Waals surface area contributed by atoms with Crippen LogP contribution in [-0.4, -0.2) is 44.6 Å². The predicted octanol–water partition coefficient (Wildman–Crippen LogP) is 1.24. The number of hydrogen-bond acceptors (Lipinski definition) is 4. The molecule has 0 heterocycles. The van der Waals surface area contributed by atoms with Gasteiger partial charge >= 0.3 is 11.9 Å². The molecule has 4 N–H and O–H groups in total. The average molecular weight is 264 g/mol. The van der Waals surface area contributed by atoms with Crippen LogP contribution in [0.5, 0.6) is 0 Å². The predicted molar refractivity (Wildman–Crippen MR) is 66.3 cm³/mol. The number of aliphatic hydroxyl groups is 2. The first kappa shape index (κ1) is 19.2. The molecule has 0 saturated carbocycles. The van der Waals surface area contributed by atoms with Crippen LogP contribution in [0.25, 0.3) is 0 Å². The molecule has 0 aromatic carbocycles. The molecule has 0 aliphatic rings. The molecular weight excluding hydrogens is 240 g/mol.